The van der Waals surface area contributed by atoms with E-state index < -0.39 is 23.6 Å². The highest BCUT2D eigenvalue weighted by atomic mass is 35.7. The number of hydrogen-bond acceptors (Lipinski definition) is 4. The second-order valence-corrected chi connectivity index (χ2v) is 10.2. The zero-order chi connectivity index (χ0) is 15.7. The lowest BCUT2D eigenvalue weighted by molar-refractivity contribution is 0.561. The summed E-state index contributed by atoms with van der Waals surface area (Å²) in [5, 5.41) is 0. The fourth-order valence-electron chi connectivity index (χ4n) is 2.07. The van der Waals surface area contributed by atoms with Gasteiger partial charge >= 0.3 is 0 Å². The first-order valence-corrected chi connectivity index (χ1v) is 10.2. The third kappa shape index (κ3) is 3.56. The van der Waals surface area contributed by atoms with Gasteiger partial charge < -0.3 is 0 Å². The molecule has 114 valence electrons. The zero-order valence-electron chi connectivity index (χ0n) is 11.4. The summed E-state index contributed by atoms with van der Waals surface area (Å²) in [6.07, 6.45) is 4.10. The van der Waals surface area contributed by atoms with Crippen LogP contribution in [-0.4, -0.2) is 21.6 Å². The summed E-state index contributed by atoms with van der Waals surface area (Å²) in [5.74, 6) is -0.0918. The Hall–Kier alpha value is -1.11. The van der Waals surface area contributed by atoms with Crippen LogP contribution < -0.4 is 0 Å². The molecule has 0 amide bonds. The van der Waals surface area contributed by atoms with Crippen molar-refractivity contribution >= 4 is 29.6 Å². The molecule has 7 heteroatoms. The van der Waals surface area contributed by atoms with Gasteiger partial charge in [-0.15, -0.1) is 0 Å². The molecule has 0 radical (unpaired) electrons. The predicted octanol–water partition coefficient (Wildman–Crippen LogP) is 2.77. The molecule has 0 fully saturated rings. The van der Waals surface area contributed by atoms with Crippen molar-refractivity contribution in [1.82, 2.24) is 0 Å². The van der Waals surface area contributed by atoms with Gasteiger partial charge in [-0.25, -0.2) is 16.8 Å². The Morgan fingerprint density at radius 3 is 2.24 bits per heavy atom. The minimum atomic E-state index is -3.83. The van der Waals surface area contributed by atoms with Crippen molar-refractivity contribution in [3.63, 3.8) is 0 Å². The molecule has 0 saturated heterocycles. The van der Waals surface area contributed by atoms with Gasteiger partial charge in [0, 0.05) is 10.7 Å². The van der Waals surface area contributed by atoms with Gasteiger partial charge in [-0.2, -0.15) is 0 Å². The lowest BCUT2D eigenvalue weighted by Crippen LogP contribution is -2.35. The first-order chi connectivity index (χ1) is 9.64. The molecule has 0 spiro atoms. The Morgan fingerprint density at radius 2 is 1.76 bits per heavy atom. The maximum Gasteiger partial charge on any atom is 0.260 e. The van der Waals surface area contributed by atoms with Crippen molar-refractivity contribution in [2.24, 2.45) is 0 Å². The average molecular weight is 347 g/mol. The summed E-state index contributed by atoms with van der Waals surface area (Å²) in [6, 6.07) is 8.87. The van der Waals surface area contributed by atoms with E-state index in [-0.39, 0.29) is 17.1 Å². The number of sulfone groups is 1. The van der Waals surface area contributed by atoms with E-state index in [1.54, 1.807) is 31.2 Å². The van der Waals surface area contributed by atoms with Crippen LogP contribution in [0.4, 0.5) is 0 Å². The van der Waals surface area contributed by atoms with E-state index >= 15 is 0 Å². The maximum atomic E-state index is 12.6. The van der Waals surface area contributed by atoms with Crippen LogP contribution in [0.2, 0.25) is 0 Å². The highest BCUT2D eigenvalue weighted by Gasteiger charge is 2.38. The molecule has 1 atom stereocenters. The Labute approximate surface area is 129 Å². The molecule has 1 aromatic carbocycles. The minimum absolute atomic E-state index is 0.0587. The summed E-state index contributed by atoms with van der Waals surface area (Å²) in [5.41, 5.74) is 0.701. The van der Waals surface area contributed by atoms with E-state index in [2.05, 4.69) is 0 Å². The van der Waals surface area contributed by atoms with Gasteiger partial charge in [-0.05, 0) is 25.0 Å². The first kappa shape index (κ1) is 16.3. The Morgan fingerprint density at radius 1 is 1.14 bits per heavy atom. The second-order valence-electron chi connectivity index (χ2n) is 5.14. The van der Waals surface area contributed by atoms with Crippen LogP contribution in [0, 0.1) is 0 Å². The number of hydrogen-bond donors (Lipinski definition) is 0. The topological polar surface area (TPSA) is 68.3 Å². The minimum Gasteiger partial charge on any atom is -0.228 e. The Kier molecular flexibility index (Phi) is 4.33. The lowest BCUT2D eigenvalue weighted by Gasteiger charge is -2.27. The molecule has 4 nitrogen and oxygen atoms in total. The fourth-order valence-corrected chi connectivity index (χ4v) is 4.50. The fraction of sp³-hybridized carbons (Fsp3) is 0.286. The molecule has 0 aromatic heterocycles. The molecular weight excluding hydrogens is 332 g/mol. The molecule has 1 aliphatic rings. The molecule has 0 heterocycles. The molecule has 21 heavy (non-hydrogen) atoms. The Balaban J connectivity index is 2.27. The van der Waals surface area contributed by atoms with E-state index in [9.17, 15) is 16.8 Å². The summed E-state index contributed by atoms with van der Waals surface area (Å²) < 4.78 is 46.5. The van der Waals surface area contributed by atoms with E-state index in [1.807, 2.05) is 6.07 Å². The van der Waals surface area contributed by atoms with E-state index in [4.69, 9.17) is 10.7 Å². The standard InChI is InChI=1S/C14H15ClO4S2/c1-14(9-7-13(8-10-14)21(15,18)19)20(16,17)11-12-5-3-2-4-6-12/h2-9H,10-11H2,1H3. The molecule has 0 N–H and O–H groups in total. The van der Waals surface area contributed by atoms with Gasteiger partial charge in [-0.1, -0.05) is 42.5 Å². The van der Waals surface area contributed by atoms with Gasteiger partial charge in [0.05, 0.1) is 15.4 Å². The quantitative estimate of drug-likeness (QED) is 0.786. The summed E-state index contributed by atoms with van der Waals surface area (Å²) >= 11 is 0. The van der Waals surface area contributed by atoms with Crippen LogP contribution in [-0.2, 0) is 24.6 Å². The lowest BCUT2D eigenvalue weighted by atomic mass is 10.0. The summed E-state index contributed by atoms with van der Waals surface area (Å²) in [6.45, 7) is 1.58. The molecule has 1 aromatic rings. The van der Waals surface area contributed by atoms with Crippen LogP contribution >= 0.6 is 10.7 Å². The monoisotopic (exact) mass is 346 g/mol. The molecule has 0 saturated carbocycles. The van der Waals surface area contributed by atoms with Gasteiger partial charge in [-0.3, -0.25) is 0 Å². The van der Waals surface area contributed by atoms with Crippen molar-refractivity contribution in [3.8, 4) is 0 Å². The molecule has 2 rings (SSSR count). The number of allylic oxidation sites excluding steroid dienone is 2. The largest absolute Gasteiger partial charge is 0.260 e. The number of halogens is 1. The number of benzene rings is 1. The van der Waals surface area contributed by atoms with E-state index in [0.717, 1.165) is 0 Å². The van der Waals surface area contributed by atoms with Crippen LogP contribution in [0.3, 0.4) is 0 Å². The second kappa shape index (κ2) is 5.59. The highest BCUT2D eigenvalue weighted by Crippen LogP contribution is 2.33. The van der Waals surface area contributed by atoms with Crippen LogP contribution in [0.5, 0.6) is 0 Å². The predicted molar refractivity (Wildman–Crippen MR) is 84.1 cm³/mol. The zero-order valence-corrected chi connectivity index (χ0v) is 13.7. The molecule has 1 unspecified atom stereocenters. The smallest absolute Gasteiger partial charge is 0.228 e. The van der Waals surface area contributed by atoms with E-state index in [1.165, 1.54) is 18.2 Å². The van der Waals surface area contributed by atoms with Gasteiger partial charge in [0.25, 0.3) is 9.05 Å². The van der Waals surface area contributed by atoms with E-state index in [0.29, 0.717) is 5.56 Å². The van der Waals surface area contributed by atoms with Gasteiger partial charge in [0.1, 0.15) is 0 Å². The molecule has 1 aliphatic carbocycles. The van der Waals surface area contributed by atoms with Crippen LogP contribution in [0.1, 0.15) is 18.9 Å². The van der Waals surface area contributed by atoms with Crippen molar-refractivity contribution < 1.29 is 16.8 Å². The molecule has 0 bridgehead atoms. The van der Waals surface area contributed by atoms with Crippen molar-refractivity contribution in [2.45, 2.75) is 23.8 Å². The number of rotatable bonds is 4. The van der Waals surface area contributed by atoms with Crippen molar-refractivity contribution in [3.05, 3.63) is 59.0 Å². The Bertz CT molecular complexity index is 793. The van der Waals surface area contributed by atoms with Crippen LogP contribution in [0.25, 0.3) is 0 Å². The molecule has 0 aliphatic heterocycles. The third-order valence-electron chi connectivity index (χ3n) is 3.50. The van der Waals surface area contributed by atoms with Gasteiger partial charge in [0.2, 0.25) is 0 Å². The summed E-state index contributed by atoms with van der Waals surface area (Å²) in [7, 11) is -2.05. The van der Waals surface area contributed by atoms with Crippen molar-refractivity contribution in [2.75, 3.05) is 0 Å². The first-order valence-electron chi connectivity index (χ1n) is 6.24. The van der Waals surface area contributed by atoms with Gasteiger partial charge in [0.15, 0.2) is 9.84 Å². The van der Waals surface area contributed by atoms with Crippen molar-refractivity contribution in [1.29, 1.82) is 0 Å². The normalized spacial score (nSPS) is 22.9. The third-order valence-corrected chi connectivity index (χ3v) is 7.34. The highest BCUT2D eigenvalue weighted by molar-refractivity contribution is 8.17. The SMILES string of the molecule is CC1(S(=O)(=O)Cc2ccccc2)C=CC(S(=O)(=O)Cl)=CC1. The average Bonchev–Trinajstić information content (AvgIpc) is 2.38. The maximum absolute atomic E-state index is 12.6. The van der Waals surface area contributed by atoms with Crippen LogP contribution in [0.15, 0.2) is 53.5 Å². The molecular formula is C14H15ClO4S2. The summed E-state index contributed by atoms with van der Waals surface area (Å²) in [4.78, 5) is -0.0587.